The molecule has 2 aliphatic heterocycles. The van der Waals surface area contributed by atoms with Crippen LogP contribution in [0.25, 0.3) is 0 Å². The average Bonchev–Trinajstić information content (AvgIpc) is 3.06. The van der Waals surface area contributed by atoms with Gasteiger partial charge in [0, 0.05) is 18.4 Å². The molecular weight excluding hydrogens is 330 g/mol. The third kappa shape index (κ3) is 2.43. The normalized spacial score (nSPS) is 21.0. The van der Waals surface area contributed by atoms with Crippen LogP contribution in [0.15, 0.2) is 23.0 Å². The first kappa shape index (κ1) is 15.6. The lowest BCUT2D eigenvalue weighted by Crippen LogP contribution is -2.40. The second-order valence-electron chi connectivity index (χ2n) is 7.41. The topological polar surface area (TPSA) is 75.3 Å². The quantitative estimate of drug-likeness (QED) is 0.899. The number of carbonyl (C=O) groups excluding carboxylic acids is 1. The molecule has 6 nitrogen and oxygen atoms in total. The van der Waals surface area contributed by atoms with Crippen LogP contribution in [-0.2, 0) is 24.1 Å². The van der Waals surface area contributed by atoms with Crippen LogP contribution in [0.3, 0.4) is 0 Å². The number of aromatic amines is 1. The van der Waals surface area contributed by atoms with Gasteiger partial charge < -0.3 is 9.64 Å². The van der Waals surface area contributed by atoms with Gasteiger partial charge in [0.1, 0.15) is 12.4 Å². The first-order valence-electron chi connectivity index (χ1n) is 9.38. The Labute approximate surface area is 151 Å². The fourth-order valence-corrected chi connectivity index (χ4v) is 4.47. The number of nitrogens with one attached hydrogen (secondary N) is 1. The second-order valence-corrected chi connectivity index (χ2v) is 7.41. The highest BCUT2D eigenvalue weighted by Crippen LogP contribution is 2.39. The lowest BCUT2D eigenvalue weighted by atomic mass is 9.90. The average molecular weight is 351 g/mol. The molecule has 6 heteroatoms. The first-order chi connectivity index (χ1) is 12.7. The number of anilines is 1. The highest BCUT2D eigenvalue weighted by atomic mass is 16.5. The van der Waals surface area contributed by atoms with Crippen molar-refractivity contribution in [1.29, 1.82) is 0 Å². The molecule has 1 aromatic heterocycles. The number of nitrogens with zero attached hydrogens (tertiary/aromatic N) is 2. The lowest BCUT2D eigenvalue weighted by molar-refractivity contribution is -0.117. The predicted molar refractivity (Wildman–Crippen MR) is 96.8 cm³/mol. The van der Waals surface area contributed by atoms with Crippen molar-refractivity contribution in [2.45, 2.75) is 51.0 Å². The van der Waals surface area contributed by atoms with Crippen LogP contribution in [-0.4, -0.2) is 28.8 Å². The maximum absolute atomic E-state index is 12.3. The van der Waals surface area contributed by atoms with Crippen LogP contribution in [0.4, 0.5) is 5.69 Å². The summed E-state index contributed by atoms with van der Waals surface area (Å²) in [5.41, 5.74) is 4.87. The molecule has 0 radical (unpaired) electrons. The number of hydrogen-bond donors (Lipinski definition) is 1. The number of H-pyrrole nitrogens is 1. The molecule has 1 amide bonds. The van der Waals surface area contributed by atoms with Crippen molar-refractivity contribution in [3.05, 3.63) is 50.9 Å². The van der Waals surface area contributed by atoms with Crippen molar-refractivity contribution >= 4 is 11.6 Å². The number of hydrogen-bond acceptors (Lipinski definition) is 4. The molecule has 0 unspecified atom stereocenters. The van der Waals surface area contributed by atoms with Crippen LogP contribution in [0.5, 0.6) is 5.75 Å². The van der Waals surface area contributed by atoms with Crippen molar-refractivity contribution in [3.63, 3.8) is 0 Å². The largest absolute Gasteiger partial charge is 0.489 e. The zero-order valence-electron chi connectivity index (χ0n) is 14.6. The third-order valence-electron chi connectivity index (χ3n) is 5.79. The Balaban J connectivity index is 1.51. The summed E-state index contributed by atoms with van der Waals surface area (Å²) >= 11 is 0. The highest BCUT2D eigenvalue weighted by molar-refractivity contribution is 5.98. The van der Waals surface area contributed by atoms with E-state index in [2.05, 4.69) is 10.2 Å². The number of aromatic nitrogens is 2. The van der Waals surface area contributed by atoms with Crippen molar-refractivity contribution in [2.75, 3.05) is 11.5 Å². The van der Waals surface area contributed by atoms with Crippen molar-refractivity contribution in [1.82, 2.24) is 10.2 Å². The molecule has 1 N–H and O–H groups in total. The molecule has 134 valence electrons. The Kier molecular flexibility index (Phi) is 3.58. The Bertz CT molecular complexity index is 950. The summed E-state index contributed by atoms with van der Waals surface area (Å²) in [6.45, 7) is 0.576. The van der Waals surface area contributed by atoms with E-state index in [4.69, 9.17) is 4.74 Å². The van der Waals surface area contributed by atoms with Crippen LogP contribution >= 0.6 is 0 Å². The zero-order valence-corrected chi connectivity index (χ0v) is 14.6. The number of carbonyl (C=O) groups is 1. The molecule has 1 aliphatic carbocycles. The van der Waals surface area contributed by atoms with Gasteiger partial charge in [0.05, 0.1) is 17.4 Å². The molecule has 0 bridgehead atoms. The molecule has 0 spiro atoms. The molecule has 1 fully saturated rings. The van der Waals surface area contributed by atoms with Crippen LogP contribution in [0.1, 0.15) is 48.1 Å². The van der Waals surface area contributed by atoms with E-state index < -0.39 is 0 Å². The van der Waals surface area contributed by atoms with Gasteiger partial charge in [-0.15, -0.1) is 0 Å². The van der Waals surface area contributed by atoms with Crippen LogP contribution < -0.4 is 15.2 Å². The molecule has 1 aromatic carbocycles. The summed E-state index contributed by atoms with van der Waals surface area (Å²) < 4.78 is 5.84. The number of ether oxygens (including phenoxy) is 1. The van der Waals surface area contributed by atoms with Crippen molar-refractivity contribution in [2.24, 2.45) is 0 Å². The van der Waals surface area contributed by atoms with E-state index in [9.17, 15) is 9.59 Å². The van der Waals surface area contributed by atoms with Gasteiger partial charge in [0.2, 0.25) is 5.91 Å². The first-order valence-corrected chi connectivity index (χ1v) is 9.38. The van der Waals surface area contributed by atoms with Crippen molar-refractivity contribution < 1.29 is 9.53 Å². The molecule has 1 atom stereocenters. The molecule has 3 aliphatic rings. The second kappa shape index (κ2) is 5.97. The van der Waals surface area contributed by atoms with E-state index in [1.54, 1.807) is 0 Å². The minimum Gasteiger partial charge on any atom is -0.489 e. The van der Waals surface area contributed by atoms with Gasteiger partial charge in [-0.2, -0.15) is 5.10 Å². The summed E-state index contributed by atoms with van der Waals surface area (Å²) in [6.07, 6.45) is 6.02. The van der Waals surface area contributed by atoms with E-state index in [-0.39, 0.29) is 17.5 Å². The SMILES string of the molecule is O=C1CC[C@H]2COc3ccc(Cc4n[nH]c(=O)c5c4CCCC5)cc3N12. The van der Waals surface area contributed by atoms with Gasteiger partial charge in [-0.1, -0.05) is 6.07 Å². The number of rotatable bonds is 2. The summed E-state index contributed by atoms with van der Waals surface area (Å²) in [4.78, 5) is 26.2. The number of benzene rings is 1. The van der Waals surface area contributed by atoms with Gasteiger partial charge in [0.25, 0.3) is 5.56 Å². The van der Waals surface area contributed by atoms with Gasteiger partial charge >= 0.3 is 0 Å². The highest BCUT2D eigenvalue weighted by Gasteiger charge is 2.37. The van der Waals surface area contributed by atoms with Gasteiger partial charge in [-0.25, -0.2) is 5.10 Å². The van der Waals surface area contributed by atoms with E-state index in [1.807, 2.05) is 23.1 Å². The minimum absolute atomic E-state index is 0.0483. The Hall–Kier alpha value is -2.63. The fraction of sp³-hybridized carbons (Fsp3) is 0.450. The minimum atomic E-state index is -0.0483. The van der Waals surface area contributed by atoms with E-state index in [1.165, 1.54) is 0 Å². The number of amides is 1. The number of fused-ring (bicyclic) bond motifs is 4. The van der Waals surface area contributed by atoms with Gasteiger partial charge in [-0.3, -0.25) is 9.59 Å². The summed E-state index contributed by atoms with van der Waals surface area (Å²) in [5.74, 6) is 0.952. The Morgan fingerprint density at radius 3 is 2.88 bits per heavy atom. The Morgan fingerprint density at radius 1 is 1.15 bits per heavy atom. The fourth-order valence-electron chi connectivity index (χ4n) is 4.47. The third-order valence-corrected chi connectivity index (χ3v) is 5.79. The smallest absolute Gasteiger partial charge is 0.267 e. The predicted octanol–water partition coefficient (Wildman–Crippen LogP) is 2.13. The van der Waals surface area contributed by atoms with Crippen LogP contribution in [0, 0.1) is 0 Å². The summed E-state index contributed by atoms with van der Waals surface area (Å²) in [7, 11) is 0. The standard InChI is InChI=1S/C20H21N3O3/c24-19-8-6-13-11-26-18-7-5-12(10-17(18)23(13)19)9-16-14-3-1-2-4-15(14)20(25)22-21-16/h5,7,10,13H,1-4,6,8-9,11H2,(H,22,25)/t13-/m0/s1. The Morgan fingerprint density at radius 2 is 2.00 bits per heavy atom. The summed E-state index contributed by atoms with van der Waals surface area (Å²) in [6, 6.07) is 6.18. The molecule has 0 saturated carbocycles. The maximum atomic E-state index is 12.3. The zero-order chi connectivity index (χ0) is 17.7. The van der Waals surface area contributed by atoms with E-state index in [0.717, 1.165) is 65.9 Å². The van der Waals surface area contributed by atoms with Crippen molar-refractivity contribution in [3.8, 4) is 5.75 Å². The maximum Gasteiger partial charge on any atom is 0.267 e. The summed E-state index contributed by atoms with van der Waals surface area (Å²) in [5, 5.41) is 6.99. The molecule has 26 heavy (non-hydrogen) atoms. The molecule has 2 aromatic rings. The lowest BCUT2D eigenvalue weighted by Gasteiger charge is -2.32. The van der Waals surface area contributed by atoms with Gasteiger partial charge in [-0.05, 0) is 55.4 Å². The monoisotopic (exact) mass is 351 g/mol. The van der Waals surface area contributed by atoms with E-state index in [0.29, 0.717) is 19.4 Å². The molecule has 1 saturated heterocycles. The molecular formula is C20H21N3O3. The van der Waals surface area contributed by atoms with Gasteiger partial charge in [0.15, 0.2) is 0 Å². The molecule has 3 heterocycles. The van der Waals surface area contributed by atoms with Crippen LogP contribution in [0.2, 0.25) is 0 Å². The van der Waals surface area contributed by atoms with E-state index >= 15 is 0 Å². The molecule has 5 rings (SSSR count).